The average molecular weight is 334 g/mol. The Hall–Kier alpha value is -0.650. The lowest BCUT2D eigenvalue weighted by molar-refractivity contribution is -0.143. The highest BCUT2D eigenvalue weighted by atomic mass is 16.5. The molecule has 0 saturated carbocycles. The molecule has 0 spiro atoms. The summed E-state index contributed by atoms with van der Waals surface area (Å²) in [5.74, 6) is -0.0407. The van der Waals surface area contributed by atoms with Crippen molar-refractivity contribution in [1.29, 1.82) is 0 Å². The summed E-state index contributed by atoms with van der Waals surface area (Å²) in [4.78, 5) is 11.0. The number of ether oxygens (including phenoxy) is 2. The number of unbranched alkanes of at least 4 members (excludes halogenated alkanes) is 5. The summed E-state index contributed by atoms with van der Waals surface area (Å²) < 4.78 is 10.0. The van der Waals surface area contributed by atoms with Gasteiger partial charge in [0.15, 0.2) is 0 Å². The van der Waals surface area contributed by atoms with Crippen LogP contribution in [0.2, 0.25) is 0 Å². The molecule has 0 radical (unpaired) electrons. The van der Waals surface area contributed by atoms with Gasteiger partial charge in [-0.2, -0.15) is 0 Å². The lowest BCUT2D eigenvalue weighted by atomic mass is 10.1. The monoisotopic (exact) mass is 334 g/mol. The van der Waals surface area contributed by atoms with Crippen molar-refractivity contribution in [2.24, 2.45) is 0 Å². The molecule has 0 rings (SSSR count). The molecule has 5 heteroatoms. The molecule has 0 aliphatic carbocycles. The molecule has 2 atom stereocenters. The van der Waals surface area contributed by atoms with Gasteiger partial charge in [-0.15, -0.1) is 0 Å². The summed E-state index contributed by atoms with van der Waals surface area (Å²) in [6.45, 7) is 8.52. The topological polar surface area (TPSA) is 76.0 Å². The van der Waals surface area contributed by atoms with Gasteiger partial charge in [-0.05, 0) is 26.7 Å². The van der Waals surface area contributed by atoms with Crippen LogP contribution in [0.25, 0.3) is 0 Å². The van der Waals surface area contributed by atoms with E-state index in [4.69, 9.17) is 19.7 Å². The van der Waals surface area contributed by atoms with Crippen molar-refractivity contribution in [3.63, 3.8) is 0 Å². The molecule has 2 unspecified atom stereocenters. The van der Waals surface area contributed by atoms with Crippen molar-refractivity contribution in [3.05, 3.63) is 0 Å². The predicted molar refractivity (Wildman–Crippen MR) is 93.4 cm³/mol. The number of hydrogen-bond acceptors (Lipinski definition) is 5. The third kappa shape index (κ3) is 23.7. The fourth-order valence-electron chi connectivity index (χ4n) is 1.70. The average Bonchev–Trinajstić information content (AvgIpc) is 2.52. The molecule has 0 heterocycles. The van der Waals surface area contributed by atoms with E-state index in [1.165, 1.54) is 32.1 Å². The molecule has 0 aliphatic heterocycles. The summed E-state index contributed by atoms with van der Waals surface area (Å²) in [7, 11) is 0. The normalized spacial score (nSPS) is 13.0. The van der Waals surface area contributed by atoms with Crippen LogP contribution in [-0.2, 0) is 14.3 Å². The molecular weight excluding hydrogens is 296 g/mol. The van der Waals surface area contributed by atoms with E-state index >= 15 is 0 Å². The predicted octanol–water partition coefficient (Wildman–Crippen LogP) is 3.45. The molecule has 5 nitrogen and oxygen atoms in total. The van der Waals surface area contributed by atoms with Crippen LogP contribution in [0, 0.1) is 0 Å². The van der Waals surface area contributed by atoms with Crippen LogP contribution in [0.1, 0.15) is 79.1 Å². The van der Waals surface area contributed by atoms with Gasteiger partial charge in [0.2, 0.25) is 0 Å². The van der Waals surface area contributed by atoms with Crippen molar-refractivity contribution in [3.8, 4) is 0 Å². The van der Waals surface area contributed by atoms with Crippen LogP contribution in [0.5, 0.6) is 0 Å². The summed E-state index contributed by atoms with van der Waals surface area (Å²) in [6.07, 6.45) is 8.27. The van der Waals surface area contributed by atoms with Gasteiger partial charge in [-0.1, -0.05) is 46.0 Å². The number of carbonyl (C=O) groups is 1. The first-order valence-electron chi connectivity index (χ1n) is 9.03. The van der Waals surface area contributed by atoms with Gasteiger partial charge in [0.25, 0.3) is 0 Å². The first-order valence-corrected chi connectivity index (χ1v) is 9.03. The van der Waals surface area contributed by atoms with Gasteiger partial charge in [0, 0.05) is 6.42 Å². The van der Waals surface area contributed by atoms with Crippen LogP contribution < -0.4 is 0 Å². The molecule has 2 N–H and O–H groups in total. The lowest BCUT2D eigenvalue weighted by Crippen LogP contribution is -2.19. The van der Waals surface area contributed by atoms with E-state index in [1.54, 1.807) is 13.8 Å². The molecule has 0 fully saturated rings. The number of aliphatic hydroxyl groups excluding tert-OH is 2. The van der Waals surface area contributed by atoms with E-state index < -0.39 is 6.10 Å². The van der Waals surface area contributed by atoms with Crippen LogP contribution in [-0.4, -0.2) is 48.2 Å². The Bertz CT molecular complexity index is 244. The maximum Gasteiger partial charge on any atom is 0.305 e. The van der Waals surface area contributed by atoms with E-state index in [-0.39, 0.29) is 18.7 Å². The van der Waals surface area contributed by atoms with Gasteiger partial charge < -0.3 is 19.7 Å². The van der Waals surface area contributed by atoms with E-state index in [9.17, 15) is 4.79 Å². The van der Waals surface area contributed by atoms with Crippen LogP contribution in [0.15, 0.2) is 0 Å². The highest BCUT2D eigenvalue weighted by Gasteiger charge is 2.01. The number of esters is 1. The summed E-state index contributed by atoms with van der Waals surface area (Å²) in [5.41, 5.74) is 0. The molecule has 0 aromatic carbocycles. The molecular formula is C18H38O5. The van der Waals surface area contributed by atoms with Crippen LogP contribution >= 0.6 is 0 Å². The van der Waals surface area contributed by atoms with Crippen molar-refractivity contribution in [2.75, 3.05) is 19.8 Å². The van der Waals surface area contributed by atoms with Crippen molar-refractivity contribution in [2.45, 2.75) is 91.3 Å². The maximum absolute atomic E-state index is 11.0. The van der Waals surface area contributed by atoms with Crippen LogP contribution in [0.4, 0.5) is 0 Å². The zero-order chi connectivity index (χ0) is 17.9. The molecule has 0 aromatic heterocycles. The van der Waals surface area contributed by atoms with Gasteiger partial charge in [0.1, 0.15) is 0 Å². The highest BCUT2D eigenvalue weighted by Crippen LogP contribution is 2.05. The second-order valence-corrected chi connectivity index (χ2v) is 5.91. The third-order valence-electron chi connectivity index (χ3n) is 3.09. The Morgan fingerprint density at radius 1 is 1.00 bits per heavy atom. The summed E-state index contributed by atoms with van der Waals surface area (Å²) in [6, 6.07) is 0. The third-order valence-corrected chi connectivity index (χ3v) is 3.09. The summed E-state index contributed by atoms with van der Waals surface area (Å²) >= 11 is 0. The molecule has 0 aliphatic rings. The van der Waals surface area contributed by atoms with Gasteiger partial charge in [-0.25, -0.2) is 0 Å². The van der Waals surface area contributed by atoms with Gasteiger partial charge in [-0.3, -0.25) is 4.79 Å². The minimum atomic E-state index is -0.445. The maximum atomic E-state index is 11.0. The number of aliphatic hydroxyl groups is 2. The van der Waals surface area contributed by atoms with Crippen molar-refractivity contribution < 1.29 is 24.5 Å². The Morgan fingerprint density at radius 3 is 2.13 bits per heavy atom. The Kier molecular flexibility index (Phi) is 20.7. The largest absolute Gasteiger partial charge is 0.466 e. The molecule has 140 valence electrons. The number of rotatable bonds is 13. The van der Waals surface area contributed by atoms with Gasteiger partial charge >= 0.3 is 5.97 Å². The van der Waals surface area contributed by atoms with E-state index in [0.717, 1.165) is 12.8 Å². The minimum absolute atomic E-state index is 0.00667. The molecule has 0 saturated heterocycles. The lowest BCUT2D eigenvalue weighted by Gasteiger charge is -2.10. The zero-order valence-electron chi connectivity index (χ0n) is 15.6. The Morgan fingerprint density at radius 2 is 1.61 bits per heavy atom. The van der Waals surface area contributed by atoms with E-state index in [2.05, 4.69) is 6.92 Å². The second-order valence-electron chi connectivity index (χ2n) is 5.91. The second kappa shape index (κ2) is 19.4. The minimum Gasteiger partial charge on any atom is -0.466 e. The summed E-state index contributed by atoms with van der Waals surface area (Å²) in [5, 5.41) is 17.1. The van der Waals surface area contributed by atoms with Crippen molar-refractivity contribution >= 4 is 5.97 Å². The molecule has 0 bridgehead atoms. The molecule has 0 aromatic rings. The Labute approximate surface area is 142 Å². The molecule has 0 amide bonds. The smallest absolute Gasteiger partial charge is 0.305 e. The quantitative estimate of drug-likeness (QED) is 0.398. The van der Waals surface area contributed by atoms with Gasteiger partial charge in [0.05, 0.1) is 32.0 Å². The fourth-order valence-corrected chi connectivity index (χ4v) is 1.70. The fraction of sp³-hybridized carbons (Fsp3) is 0.944. The van der Waals surface area contributed by atoms with E-state index in [0.29, 0.717) is 19.6 Å². The van der Waals surface area contributed by atoms with Crippen LogP contribution in [0.3, 0.4) is 0 Å². The first-order chi connectivity index (χ1) is 11.0. The first kappa shape index (κ1) is 24.6. The standard InChI is InChI=1S/C12H24O2.C6H14O3/c1-3-5-6-7-8-9-11-14-12(13)10-4-2;1-5(8)4-9-6(2)3-7/h3-11H2,1-2H3;5-8H,3-4H2,1-2H3. The highest BCUT2D eigenvalue weighted by molar-refractivity contribution is 5.69. The SMILES string of the molecule is CC(O)COC(C)CO.CCCCCCCCOC(=O)CCC. The Balaban J connectivity index is 0. The number of hydrogen-bond donors (Lipinski definition) is 2. The number of carbonyl (C=O) groups excluding carboxylic acids is 1. The van der Waals surface area contributed by atoms with E-state index in [1.807, 2.05) is 6.92 Å². The zero-order valence-corrected chi connectivity index (χ0v) is 15.6. The van der Waals surface area contributed by atoms with Crippen molar-refractivity contribution in [1.82, 2.24) is 0 Å². The molecule has 23 heavy (non-hydrogen) atoms.